The van der Waals surface area contributed by atoms with Crippen LogP contribution in [0.3, 0.4) is 0 Å². The summed E-state index contributed by atoms with van der Waals surface area (Å²) in [5.74, 6) is 0. The van der Waals surface area contributed by atoms with E-state index in [-0.39, 0.29) is 101 Å². The fourth-order valence-electron chi connectivity index (χ4n) is 4.28. The van der Waals surface area contributed by atoms with Gasteiger partial charge < -0.3 is 0 Å². The molecule has 0 aliphatic rings. The molecule has 236 valence electrons. The van der Waals surface area contributed by atoms with Crippen LogP contribution in [0.25, 0.3) is 22.8 Å². The van der Waals surface area contributed by atoms with Gasteiger partial charge in [0.25, 0.3) is 0 Å². The number of nitrogens with zero attached hydrogens (tertiary/aromatic N) is 6. The van der Waals surface area contributed by atoms with Crippen LogP contribution in [-0.4, -0.2) is 32.4 Å². The third kappa shape index (κ3) is 10.6. The Bertz CT molecular complexity index is 1520. The predicted octanol–water partition coefficient (Wildman–Crippen LogP) is 9.64. The minimum Gasteiger partial charge on any atom is -0.255 e. The van der Waals surface area contributed by atoms with Gasteiger partial charge in [-0.05, 0) is 98.5 Å². The third-order valence-electron chi connectivity index (χ3n) is 6.59. The summed E-state index contributed by atoms with van der Waals surface area (Å²) in [6.07, 6.45) is 7.17. The van der Waals surface area contributed by atoms with E-state index >= 15 is 0 Å². The third-order valence-corrected chi connectivity index (χ3v) is 6.59. The second kappa shape index (κ2) is 21.0. The van der Waals surface area contributed by atoms with Crippen LogP contribution in [0.1, 0.15) is 33.6 Å². The van der Waals surface area contributed by atoms with Crippen LogP contribution >= 0.6 is 67.9 Å². The summed E-state index contributed by atoms with van der Waals surface area (Å²) in [5.41, 5.74) is 11.1. The van der Waals surface area contributed by atoms with Crippen LogP contribution in [0.2, 0.25) is 0 Å². The average molecular weight is 938 g/mol. The molecule has 0 bridgehead atoms. The average Bonchev–Trinajstić information content (AvgIpc) is 2.97. The maximum absolute atomic E-state index is 4.86. The van der Waals surface area contributed by atoms with Crippen molar-refractivity contribution in [1.82, 2.24) is 19.9 Å². The molecule has 2 radical (unpaired) electrons. The molecule has 12 heteroatoms. The Morgan fingerprint density at radius 3 is 1.11 bits per heavy atom. The smallest absolute Gasteiger partial charge is 0.0894 e. The zero-order valence-electron chi connectivity index (χ0n) is 24.2. The Balaban J connectivity index is 0. The van der Waals surface area contributed by atoms with Crippen molar-refractivity contribution in [2.75, 3.05) is 0 Å². The van der Waals surface area contributed by atoms with E-state index in [0.29, 0.717) is 0 Å². The van der Waals surface area contributed by atoms with Crippen LogP contribution in [0.15, 0.2) is 95.2 Å². The minimum atomic E-state index is 0. The number of benzene rings is 1. The van der Waals surface area contributed by atoms with Gasteiger partial charge in [-0.25, -0.2) is 9.97 Å². The predicted molar refractivity (Wildman–Crippen MR) is 196 cm³/mol. The summed E-state index contributed by atoms with van der Waals surface area (Å²) < 4.78 is 0. The van der Waals surface area contributed by atoms with Crippen molar-refractivity contribution in [3.05, 3.63) is 119 Å². The quantitative estimate of drug-likeness (QED) is 0.159. The number of aliphatic imine (C=N–C) groups is 2. The Morgan fingerprint density at radius 1 is 0.455 bits per heavy atom. The molecule has 4 heterocycles. The molecule has 44 heavy (non-hydrogen) atoms. The van der Waals surface area contributed by atoms with Crippen molar-refractivity contribution >= 4 is 91.7 Å². The molecule has 0 amide bonds. The van der Waals surface area contributed by atoms with Crippen LogP contribution < -0.4 is 0 Å². The molecule has 6 nitrogen and oxygen atoms in total. The van der Waals surface area contributed by atoms with Crippen molar-refractivity contribution in [1.29, 1.82) is 0 Å². The van der Waals surface area contributed by atoms with Gasteiger partial charge in [0.1, 0.15) is 0 Å². The molecule has 1 aromatic carbocycles. The molecular formula is C32H32Br4Co2N6. The number of aromatic nitrogens is 4. The number of pyridine rings is 4. The number of hydrogen-bond acceptors (Lipinski definition) is 6. The normalized spacial score (nSPS) is 9.91. The zero-order valence-corrected chi connectivity index (χ0v) is 33.2. The van der Waals surface area contributed by atoms with Crippen LogP contribution in [0, 0.1) is 27.7 Å². The summed E-state index contributed by atoms with van der Waals surface area (Å²) in [6, 6.07) is 23.4. The van der Waals surface area contributed by atoms with Crippen LogP contribution in [0.5, 0.6) is 0 Å². The Morgan fingerprint density at radius 2 is 0.795 bits per heavy atom. The molecule has 0 aliphatic heterocycles. The fourth-order valence-corrected chi connectivity index (χ4v) is 4.28. The van der Waals surface area contributed by atoms with Gasteiger partial charge >= 0.3 is 0 Å². The van der Waals surface area contributed by atoms with Crippen molar-refractivity contribution in [3.8, 4) is 22.8 Å². The maximum Gasteiger partial charge on any atom is 0.0894 e. The number of rotatable bonds is 6. The minimum absolute atomic E-state index is 0. The van der Waals surface area contributed by atoms with Gasteiger partial charge in [-0.15, -0.1) is 67.9 Å². The van der Waals surface area contributed by atoms with Gasteiger partial charge in [-0.3, -0.25) is 20.0 Å². The Hall–Kier alpha value is -1.91. The van der Waals surface area contributed by atoms with Crippen molar-refractivity contribution in [2.45, 2.75) is 27.7 Å². The van der Waals surface area contributed by atoms with E-state index < -0.39 is 0 Å². The van der Waals surface area contributed by atoms with Gasteiger partial charge in [-0.1, -0.05) is 24.3 Å². The SMILES string of the molecule is Br.Br.Br.Br.Cc1c(C)c(N=Cc2cccc(-c3ccccn3)n2)c(C)c(C)c1N=Cc1cccc(-c2ccccn2)n1.[Co].[Co]. The fraction of sp³-hybridized carbons (Fsp3) is 0.125. The molecule has 0 saturated heterocycles. The maximum atomic E-state index is 4.86. The van der Waals surface area contributed by atoms with E-state index in [9.17, 15) is 0 Å². The molecule has 4 aromatic heterocycles. The van der Waals surface area contributed by atoms with Gasteiger partial charge in [-0.2, -0.15) is 0 Å². The first-order valence-corrected chi connectivity index (χ1v) is 12.5. The first-order chi connectivity index (χ1) is 18.5. The van der Waals surface area contributed by atoms with Crippen LogP contribution in [0.4, 0.5) is 11.4 Å². The van der Waals surface area contributed by atoms with Gasteiger partial charge in [0, 0.05) is 46.0 Å². The molecule has 5 aromatic rings. The zero-order chi connectivity index (χ0) is 26.5. The van der Waals surface area contributed by atoms with E-state index in [4.69, 9.17) is 20.0 Å². The molecule has 0 spiro atoms. The molecule has 0 fully saturated rings. The van der Waals surface area contributed by atoms with Gasteiger partial charge in [0.05, 0.1) is 58.0 Å². The largest absolute Gasteiger partial charge is 0.255 e. The molecule has 0 saturated carbocycles. The molecule has 0 unspecified atom stereocenters. The second-order valence-electron chi connectivity index (χ2n) is 9.04. The molecule has 0 aliphatic carbocycles. The first kappa shape index (κ1) is 44.2. The number of hydrogen-bond donors (Lipinski definition) is 0. The molecule has 0 atom stereocenters. The summed E-state index contributed by atoms with van der Waals surface area (Å²) in [5, 5.41) is 0. The van der Waals surface area contributed by atoms with E-state index in [2.05, 4.69) is 37.7 Å². The Labute approximate surface area is 321 Å². The topological polar surface area (TPSA) is 76.3 Å². The van der Waals surface area contributed by atoms with E-state index in [1.165, 1.54) is 0 Å². The second-order valence-corrected chi connectivity index (χ2v) is 9.04. The summed E-state index contributed by atoms with van der Waals surface area (Å²) >= 11 is 0. The number of halogens is 4. The van der Waals surface area contributed by atoms with Gasteiger partial charge in [0.2, 0.25) is 0 Å². The monoisotopic (exact) mass is 934 g/mol. The molecular weight excluding hydrogens is 906 g/mol. The van der Waals surface area contributed by atoms with Crippen LogP contribution in [-0.2, 0) is 33.6 Å². The van der Waals surface area contributed by atoms with E-state index in [1.54, 1.807) is 12.4 Å². The van der Waals surface area contributed by atoms with Crippen molar-refractivity contribution in [2.24, 2.45) is 9.98 Å². The van der Waals surface area contributed by atoms with Crippen molar-refractivity contribution in [3.63, 3.8) is 0 Å². The summed E-state index contributed by atoms with van der Waals surface area (Å²) in [4.78, 5) is 28.0. The standard InChI is InChI=1S/C32H28N6.4BrH.2Co/c1-21-22(2)32(36-20-26-12-10-16-30(38-26)28-14-6-8-18-34-28)24(4)23(3)31(21)35-19-25-11-9-15-29(37-25)27-13-5-7-17-33-27;;;;;;/h5-20H,1-4H3;4*1H;;. The summed E-state index contributed by atoms with van der Waals surface area (Å²) in [6.45, 7) is 8.35. The molecule has 5 rings (SSSR count). The Kier molecular flexibility index (Phi) is 21.1. The first-order valence-electron chi connectivity index (χ1n) is 12.5. The summed E-state index contributed by atoms with van der Waals surface area (Å²) in [7, 11) is 0. The van der Waals surface area contributed by atoms with Gasteiger partial charge in [0.15, 0.2) is 0 Å². The molecule has 0 N–H and O–H groups in total. The van der Waals surface area contributed by atoms with E-state index in [0.717, 1.165) is 67.8 Å². The van der Waals surface area contributed by atoms with Crippen molar-refractivity contribution < 1.29 is 33.6 Å². The van der Waals surface area contributed by atoms with E-state index in [1.807, 2.05) is 85.2 Å².